The van der Waals surface area contributed by atoms with Gasteiger partial charge in [-0.15, -0.1) is 0 Å². The van der Waals surface area contributed by atoms with Crippen molar-refractivity contribution in [2.45, 2.75) is 25.6 Å². The van der Waals surface area contributed by atoms with E-state index >= 15 is 0 Å². The number of hydrogen-bond donors (Lipinski definition) is 2. The number of aliphatic hydroxyl groups is 1. The first-order chi connectivity index (χ1) is 5.41. The van der Waals surface area contributed by atoms with Gasteiger partial charge >= 0.3 is 5.97 Å². The lowest BCUT2D eigenvalue weighted by Gasteiger charge is -2.23. The largest absolute Gasteiger partial charge is 0.479 e. The van der Waals surface area contributed by atoms with Gasteiger partial charge in [-0.05, 0) is 13.8 Å². The van der Waals surface area contributed by atoms with Crippen LogP contribution in [-0.2, 0) is 9.53 Å². The van der Waals surface area contributed by atoms with Crippen molar-refractivity contribution >= 4 is 5.97 Å². The summed E-state index contributed by atoms with van der Waals surface area (Å²) in [6.45, 7) is 2.74. The number of aliphatic carboxylic acids is 1. The quantitative estimate of drug-likeness (QED) is 0.634. The van der Waals surface area contributed by atoms with Crippen molar-refractivity contribution < 1.29 is 24.1 Å². The molecule has 0 rings (SSSR count). The minimum Gasteiger partial charge on any atom is -0.479 e. The molecule has 0 heterocycles. The van der Waals surface area contributed by atoms with Gasteiger partial charge in [0.2, 0.25) is 6.17 Å². The van der Waals surface area contributed by atoms with E-state index < -0.39 is 17.7 Å². The Bertz CT molecular complexity index is 157. The number of alkyl halides is 1. The molecule has 2 unspecified atom stereocenters. The first-order valence-corrected chi connectivity index (χ1v) is 3.58. The van der Waals surface area contributed by atoms with Crippen LogP contribution < -0.4 is 0 Å². The smallest absolute Gasteiger partial charge is 0.341 e. The molecule has 0 amide bonds. The van der Waals surface area contributed by atoms with Gasteiger partial charge in [0, 0.05) is 6.61 Å². The Labute approximate surface area is 70.0 Å². The van der Waals surface area contributed by atoms with Crippen LogP contribution in [0.3, 0.4) is 0 Å². The minimum atomic E-state index is -2.32. The van der Waals surface area contributed by atoms with E-state index in [1.165, 1.54) is 0 Å². The summed E-state index contributed by atoms with van der Waals surface area (Å²) in [5, 5.41) is 17.4. The zero-order valence-corrected chi connectivity index (χ0v) is 7.08. The van der Waals surface area contributed by atoms with E-state index in [9.17, 15) is 14.3 Å². The lowest BCUT2D eigenvalue weighted by Crippen LogP contribution is -2.45. The molecule has 0 aromatic heterocycles. The first kappa shape index (κ1) is 11.3. The predicted octanol–water partition coefficient (Wildman–Crippen LogP) is 0.197. The van der Waals surface area contributed by atoms with Crippen LogP contribution in [0.2, 0.25) is 0 Å². The van der Waals surface area contributed by atoms with Gasteiger partial charge in [-0.25, -0.2) is 9.18 Å². The highest BCUT2D eigenvalue weighted by molar-refractivity contribution is 5.73. The van der Waals surface area contributed by atoms with E-state index in [0.29, 0.717) is 6.61 Å². The second-order valence-corrected chi connectivity index (χ2v) is 2.70. The van der Waals surface area contributed by atoms with Crippen LogP contribution in [0.4, 0.5) is 4.39 Å². The number of halogens is 1. The highest BCUT2D eigenvalue weighted by Crippen LogP contribution is 2.14. The Morgan fingerprint density at radius 3 is 2.58 bits per heavy atom. The summed E-state index contributed by atoms with van der Waals surface area (Å²) in [7, 11) is 0. The van der Waals surface area contributed by atoms with E-state index in [2.05, 4.69) is 0 Å². The zero-order valence-electron chi connectivity index (χ0n) is 7.08. The maximum atomic E-state index is 12.7. The lowest BCUT2D eigenvalue weighted by atomic mass is 10.0. The summed E-state index contributed by atoms with van der Waals surface area (Å²) in [6, 6.07) is 0. The van der Waals surface area contributed by atoms with Crippen LogP contribution in [0.1, 0.15) is 13.8 Å². The molecule has 2 atom stereocenters. The van der Waals surface area contributed by atoms with Crippen molar-refractivity contribution in [3.05, 3.63) is 0 Å². The summed E-state index contributed by atoms with van der Waals surface area (Å²) in [5.41, 5.74) is -1.96. The summed E-state index contributed by atoms with van der Waals surface area (Å²) in [4.78, 5) is 10.1. The monoisotopic (exact) mass is 180 g/mol. The summed E-state index contributed by atoms with van der Waals surface area (Å²) >= 11 is 0. The molecular formula is C7H13FO4. The average Bonchev–Trinajstić information content (AvgIpc) is 1.99. The fourth-order valence-corrected chi connectivity index (χ4v) is 0.648. The van der Waals surface area contributed by atoms with Crippen molar-refractivity contribution in [2.75, 3.05) is 13.2 Å². The second kappa shape index (κ2) is 4.37. The molecule has 2 N–H and O–H groups in total. The molecule has 0 spiro atoms. The molecule has 0 aromatic carbocycles. The molecule has 0 saturated heterocycles. The summed E-state index contributed by atoms with van der Waals surface area (Å²) in [6.07, 6.45) is -2.32. The SMILES string of the molecule is CCOCC(C)(O)C(F)C(=O)O. The number of carboxylic acid groups (broad SMARTS) is 1. The predicted molar refractivity (Wildman–Crippen MR) is 39.6 cm³/mol. The number of carboxylic acids is 1. The van der Waals surface area contributed by atoms with Gasteiger partial charge < -0.3 is 14.9 Å². The highest BCUT2D eigenvalue weighted by atomic mass is 19.1. The Kier molecular flexibility index (Phi) is 4.12. The Hall–Kier alpha value is -0.680. The maximum Gasteiger partial charge on any atom is 0.341 e. The highest BCUT2D eigenvalue weighted by Gasteiger charge is 2.37. The lowest BCUT2D eigenvalue weighted by molar-refractivity contribution is -0.158. The van der Waals surface area contributed by atoms with Crippen LogP contribution in [0.15, 0.2) is 0 Å². The molecule has 12 heavy (non-hydrogen) atoms. The molecule has 0 aromatic rings. The van der Waals surface area contributed by atoms with Gasteiger partial charge in [0.15, 0.2) is 0 Å². The topological polar surface area (TPSA) is 66.8 Å². The minimum absolute atomic E-state index is 0.308. The molecule has 0 fully saturated rings. The molecule has 0 saturated carbocycles. The fraction of sp³-hybridized carbons (Fsp3) is 0.857. The van der Waals surface area contributed by atoms with Crippen LogP contribution in [0, 0.1) is 0 Å². The van der Waals surface area contributed by atoms with Crippen LogP contribution >= 0.6 is 0 Å². The summed E-state index contributed by atoms with van der Waals surface area (Å²) in [5.74, 6) is -1.68. The third-order valence-electron chi connectivity index (χ3n) is 1.36. The van der Waals surface area contributed by atoms with Crippen molar-refractivity contribution in [2.24, 2.45) is 0 Å². The first-order valence-electron chi connectivity index (χ1n) is 3.58. The normalized spacial score (nSPS) is 18.3. The van der Waals surface area contributed by atoms with Crippen LogP contribution in [0.25, 0.3) is 0 Å². The Balaban J connectivity index is 4.08. The molecule has 5 heteroatoms. The van der Waals surface area contributed by atoms with E-state index in [0.717, 1.165) is 6.92 Å². The second-order valence-electron chi connectivity index (χ2n) is 2.70. The van der Waals surface area contributed by atoms with E-state index in [-0.39, 0.29) is 6.61 Å². The number of hydrogen-bond acceptors (Lipinski definition) is 3. The molecule has 72 valence electrons. The van der Waals surface area contributed by atoms with Gasteiger partial charge in [0.25, 0.3) is 0 Å². The fourth-order valence-electron chi connectivity index (χ4n) is 0.648. The van der Waals surface area contributed by atoms with Gasteiger partial charge in [0.05, 0.1) is 6.61 Å². The molecular weight excluding hydrogens is 167 g/mol. The van der Waals surface area contributed by atoms with Crippen molar-refractivity contribution in [1.82, 2.24) is 0 Å². The standard InChI is InChI=1S/C7H13FO4/c1-3-12-4-7(2,11)5(8)6(9)10/h5,11H,3-4H2,1-2H3,(H,9,10). The average molecular weight is 180 g/mol. The Morgan fingerprint density at radius 2 is 2.25 bits per heavy atom. The third kappa shape index (κ3) is 3.15. The molecule has 0 radical (unpaired) electrons. The van der Waals surface area contributed by atoms with E-state index in [4.69, 9.17) is 9.84 Å². The number of carbonyl (C=O) groups is 1. The van der Waals surface area contributed by atoms with Crippen molar-refractivity contribution in [1.29, 1.82) is 0 Å². The number of ether oxygens (including phenoxy) is 1. The van der Waals surface area contributed by atoms with E-state index in [1.807, 2.05) is 0 Å². The van der Waals surface area contributed by atoms with Crippen LogP contribution in [-0.4, -0.2) is 41.2 Å². The molecule has 0 aliphatic rings. The maximum absolute atomic E-state index is 12.7. The zero-order chi connectivity index (χ0) is 9.78. The molecule has 0 aliphatic heterocycles. The van der Waals surface area contributed by atoms with Crippen molar-refractivity contribution in [3.63, 3.8) is 0 Å². The summed E-state index contributed by atoms with van der Waals surface area (Å²) < 4.78 is 17.4. The molecule has 0 bridgehead atoms. The van der Waals surface area contributed by atoms with Gasteiger partial charge in [-0.3, -0.25) is 0 Å². The van der Waals surface area contributed by atoms with Gasteiger partial charge in [0.1, 0.15) is 5.60 Å². The Morgan fingerprint density at radius 1 is 1.75 bits per heavy atom. The molecule has 4 nitrogen and oxygen atoms in total. The van der Waals surface area contributed by atoms with Crippen LogP contribution in [0.5, 0.6) is 0 Å². The number of rotatable bonds is 5. The third-order valence-corrected chi connectivity index (χ3v) is 1.36. The van der Waals surface area contributed by atoms with Crippen molar-refractivity contribution in [3.8, 4) is 0 Å². The van der Waals surface area contributed by atoms with Gasteiger partial charge in [-0.2, -0.15) is 0 Å². The van der Waals surface area contributed by atoms with Gasteiger partial charge in [-0.1, -0.05) is 0 Å². The molecule has 0 aliphatic carbocycles. The van der Waals surface area contributed by atoms with E-state index in [1.54, 1.807) is 6.92 Å².